The fraction of sp³-hybridized carbons (Fsp3) is 0.211. The van der Waals surface area contributed by atoms with E-state index in [0.717, 1.165) is 40.2 Å². The van der Waals surface area contributed by atoms with Crippen LogP contribution in [0.5, 0.6) is 0 Å². The van der Waals surface area contributed by atoms with Gasteiger partial charge in [-0.25, -0.2) is 0 Å². The van der Waals surface area contributed by atoms with Crippen LogP contribution in [0.15, 0.2) is 42.7 Å². The summed E-state index contributed by atoms with van der Waals surface area (Å²) in [5.74, 6) is 0.538. The number of imidazole rings is 1. The zero-order valence-corrected chi connectivity index (χ0v) is 15.7. The Bertz CT molecular complexity index is 804. The van der Waals surface area contributed by atoms with Crippen molar-refractivity contribution in [3.63, 3.8) is 0 Å². The molecule has 121 valence electrons. The van der Waals surface area contributed by atoms with Crippen LogP contribution in [-0.4, -0.2) is 9.55 Å². The van der Waals surface area contributed by atoms with Gasteiger partial charge in [-0.1, -0.05) is 40.5 Å². The number of hydrogen-bond acceptors (Lipinski definition) is 1. The summed E-state index contributed by atoms with van der Waals surface area (Å²) in [6, 6.07) is 12.1. The SMILES string of the molecule is CCn1ccnc1-c1[c-]cc(F)cc1-c1c(C)cccc1C.[Ir]. The quantitative estimate of drug-likeness (QED) is 0.488. The van der Waals surface area contributed by atoms with Gasteiger partial charge in [0, 0.05) is 44.9 Å². The summed E-state index contributed by atoms with van der Waals surface area (Å²) in [5, 5.41) is 0. The summed E-state index contributed by atoms with van der Waals surface area (Å²) < 4.78 is 15.9. The molecule has 0 aliphatic rings. The summed E-state index contributed by atoms with van der Waals surface area (Å²) in [7, 11) is 0. The fourth-order valence-electron chi connectivity index (χ4n) is 2.88. The van der Waals surface area contributed by atoms with E-state index in [0.29, 0.717) is 0 Å². The smallest absolute Gasteiger partial charge is 0.0563 e. The summed E-state index contributed by atoms with van der Waals surface area (Å²) in [6.07, 6.45) is 3.70. The normalized spacial score (nSPS) is 10.4. The number of aryl methyl sites for hydroxylation is 3. The van der Waals surface area contributed by atoms with Gasteiger partial charge in [-0.15, -0.1) is 23.8 Å². The molecule has 2 nitrogen and oxygen atoms in total. The van der Waals surface area contributed by atoms with Crippen LogP contribution in [-0.2, 0) is 26.7 Å². The van der Waals surface area contributed by atoms with E-state index in [1.807, 2.05) is 42.8 Å². The first-order chi connectivity index (χ1) is 10.6. The molecule has 0 unspecified atom stereocenters. The van der Waals surface area contributed by atoms with E-state index in [9.17, 15) is 4.39 Å². The molecule has 2 aromatic carbocycles. The first-order valence-electron chi connectivity index (χ1n) is 7.41. The third-order valence-corrected chi connectivity index (χ3v) is 3.94. The third kappa shape index (κ3) is 3.29. The molecule has 0 saturated carbocycles. The molecule has 4 heteroatoms. The van der Waals surface area contributed by atoms with Crippen molar-refractivity contribution in [2.24, 2.45) is 0 Å². The Morgan fingerprint density at radius 3 is 2.57 bits per heavy atom. The summed E-state index contributed by atoms with van der Waals surface area (Å²) in [5.41, 5.74) is 4.98. The Labute approximate surface area is 149 Å². The number of nitrogens with zero attached hydrogens (tertiary/aromatic N) is 2. The minimum absolute atomic E-state index is 0. The van der Waals surface area contributed by atoms with Crippen LogP contribution in [0.4, 0.5) is 4.39 Å². The van der Waals surface area contributed by atoms with Crippen molar-refractivity contribution in [3.05, 3.63) is 65.7 Å². The molecule has 0 bridgehead atoms. The maximum atomic E-state index is 13.9. The van der Waals surface area contributed by atoms with Crippen molar-refractivity contribution in [1.29, 1.82) is 0 Å². The zero-order valence-electron chi connectivity index (χ0n) is 13.4. The van der Waals surface area contributed by atoms with Crippen molar-refractivity contribution in [2.75, 3.05) is 0 Å². The number of rotatable bonds is 3. The second kappa shape index (κ2) is 7.20. The first-order valence-corrected chi connectivity index (χ1v) is 7.41. The number of halogens is 1. The van der Waals surface area contributed by atoms with Crippen LogP contribution in [0.3, 0.4) is 0 Å². The summed E-state index contributed by atoms with van der Waals surface area (Å²) in [4.78, 5) is 4.44. The molecule has 1 radical (unpaired) electrons. The standard InChI is InChI=1S/C19H18FN2.Ir/c1-4-22-11-10-21-19(22)16-9-8-15(20)12-17(16)18-13(2)6-5-7-14(18)3;/h5-8,10-12H,4H2,1-3H3;/q-1;. The van der Waals surface area contributed by atoms with Gasteiger partial charge in [0.2, 0.25) is 0 Å². The van der Waals surface area contributed by atoms with E-state index < -0.39 is 0 Å². The van der Waals surface area contributed by atoms with Gasteiger partial charge in [0.05, 0.1) is 5.82 Å². The minimum Gasteiger partial charge on any atom is -0.371 e. The van der Waals surface area contributed by atoms with Crippen LogP contribution in [0.2, 0.25) is 0 Å². The molecule has 0 atom stereocenters. The number of aromatic nitrogens is 2. The van der Waals surface area contributed by atoms with E-state index in [2.05, 4.69) is 18.0 Å². The monoisotopic (exact) mass is 486 g/mol. The van der Waals surface area contributed by atoms with Gasteiger partial charge in [0.1, 0.15) is 0 Å². The van der Waals surface area contributed by atoms with E-state index >= 15 is 0 Å². The Balaban J connectivity index is 0.00000192. The Morgan fingerprint density at radius 1 is 1.22 bits per heavy atom. The third-order valence-electron chi connectivity index (χ3n) is 3.94. The Morgan fingerprint density at radius 2 is 1.91 bits per heavy atom. The van der Waals surface area contributed by atoms with Crippen LogP contribution in [0, 0.1) is 25.7 Å². The molecule has 3 aromatic rings. The fourth-order valence-corrected chi connectivity index (χ4v) is 2.88. The largest absolute Gasteiger partial charge is 0.371 e. The second-order valence-corrected chi connectivity index (χ2v) is 5.41. The van der Waals surface area contributed by atoms with Gasteiger partial charge in [0.15, 0.2) is 0 Å². The maximum Gasteiger partial charge on any atom is 0.0563 e. The van der Waals surface area contributed by atoms with Crippen molar-refractivity contribution in [1.82, 2.24) is 9.55 Å². The molecular formula is C19H18FIrN2-. The Kier molecular flexibility index (Phi) is 5.50. The molecular weight excluding hydrogens is 467 g/mol. The van der Waals surface area contributed by atoms with Crippen molar-refractivity contribution in [3.8, 4) is 22.5 Å². The predicted molar refractivity (Wildman–Crippen MR) is 87.0 cm³/mol. The van der Waals surface area contributed by atoms with Crippen LogP contribution in [0.25, 0.3) is 22.5 Å². The molecule has 0 aliphatic carbocycles. The molecule has 0 fully saturated rings. The molecule has 1 aromatic heterocycles. The van der Waals surface area contributed by atoms with E-state index in [1.54, 1.807) is 12.3 Å². The molecule has 0 spiro atoms. The summed E-state index contributed by atoms with van der Waals surface area (Å²) in [6.45, 7) is 6.97. The van der Waals surface area contributed by atoms with Gasteiger partial charge >= 0.3 is 0 Å². The number of benzene rings is 2. The molecule has 0 saturated heterocycles. The molecule has 23 heavy (non-hydrogen) atoms. The molecule has 1 heterocycles. The second-order valence-electron chi connectivity index (χ2n) is 5.41. The maximum absolute atomic E-state index is 13.9. The van der Waals surface area contributed by atoms with E-state index in [-0.39, 0.29) is 25.9 Å². The molecule has 0 aliphatic heterocycles. The van der Waals surface area contributed by atoms with Gasteiger partial charge in [-0.05, 0) is 20.8 Å². The molecule has 0 N–H and O–H groups in total. The van der Waals surface area contributed by atoms with Crippen molar-refractivity contribution >= 4 is 0 Å². The number of hydrogen-bond donors (Lipinski definition) is 0. The van der Waals surface area contributed by atoms with Crippen molar-refractivity contribution in [2.45, 2.75) is 27.3 Å². The zero-order chi connectivity index (χ0) is 15.7. The molecule has 0 amide bonds. The average Bonchev–Trinajstić information content (AvgIpc) is 2.95. The van der Waals surface area contributed by atoms with E-state index in [1.165, 1.54) is 6.07 Å². The minimum atomic E-state index is -0.281. The van der Waals surface area contributed by atoms with Crippen LogP contribution in [0.1, 0.15) is 18.1 Å². The van der Waals surface area contributed by atoms with Crippen LogP contribution < -0.4 is 0 Å². The van der Waals surface area contributed by atoms with Gasteiger partial charge in [0.25, 0.3) is 0 Å². The predicted octanol–water partition coefficient (Wildman–Crippen LogP) is 4.79. The van der Waals surface area contributed by atoms with Crippen molar-refractivity contribution < 1.29 is 24.5 Å². The van der Waals surface area contributed by atoms with Crippen LogP contribution >= 0.6 is 0 Å². The average molecular weight is 486 g/mol. The van der Waals surface area contributed by atoms with Gasteiger partial charge in [-0.2, -0.15) is 0 Å². The Hall–Kier alpha value is -1.77. The molecule has 3 rings (SSSR count). The van der Waals surface area contributed by atoms with Gasteiger partial charge in [-0.3, -0.25) is 9.37 Å². The van der Waals surface area contributed by atoms with Gasteiger partial charge < -0.3 is 4.57 Å². The first kappa shape index (κ1) is 17.6. The van der Waals surface area contributed by atoms with E-state index in [4.69, 9.17) is 0 Å². The summed E-state index contributed by atoms with van der Waals surface area (Å²) >= 11 is 0. The topological polar surface area (TPSA) is 17.8 Å².